The lowest BCUT2D eigenvalue weighted by Gasteiger charge is -2.28. The van der Waals surface area contributed by atoms with Gasteiger partial charge in [0.2, 0.25) is 5.91 Å². The van der Waals surface area contributed by atoms with Crippen LogP contribution < -0.4 is 4.90 Å². The van der Waals surface area contributed by atoms with Crippen molar-refractivity contribution in [3.63, 3.8) is 0 Å². The summed E-state index contributed by atoms with van der Waals surface area (Å²) in [5.74, 6) is -0.904. The van der Waals surface area contributed by atoms with E-state index >= 15 is 0 Å². The summed E-state index contributed by atoms with van der Waals surface area (Å²) >= 11 is 8.09. The number of anilines is 1. The van der Waals surface area contributed by atoms with Gasteiger partial charge in [0.25, 0.3) is 10.0 Å². The van der Waals surface area contributed by atoms with Crippen LogP contribution in [0.5, 0.6) is 0 Å². The lowest BCUT2D eigenvalue weighted by atomic mass is 10.2. The molecule has 3 aromatic heterocycles. The number of rotatable bonds is 6. The summed E-state index contributed by atoms with van der Waals surface area (Å²) in [5, 5.41) is 0.291. The molecular weight excluding hydrogens is 519 g/mol. The molecule has 0 spiro atoms. The van der Waals surface area contributed by atoms with Crippen LogP contribution in [0.4, 0.5) is 9.52 Å². The third-order valence-corrected chi connectivity index (χ3v) is 10.2. The Morgan fingerprint density at radius 2 is 2.03 bits per heavy atom. The molecule has 5 rings (SSSR count). The Bertz CT molecular complexity index is 1460. The van der Waals surface area contributed by atoms with Crippen molar-refractivity contribution in [3.8, 4) is 0 Å². The fourth-order valence-electron chi connectivity index (χ4n) is 3.92. The second-order valence-electron chi connectivity index (χ2n) is 7.66. The Morgan fingerprint density at radius 3 is 2.74 bits per heavy atom. The predicted octanol–water partition coefficient (Wildman–Crippen LogP) is 4.93. The van der Waals surface area contributed by atoms with Crippen LogP contribution in [0, 0.1) is 5.82 Å². The number of carbonyl (C=O) groups excluding carboxylic acids is 1. The summed E-state index contributed by atoms with van der Waals surface area (Å²) in [5.41, 5.74) is 0.776. The van der Waals surface area contributed by atoms with Crippen LogP contribution in [0.15, 0.2) is 58.9 Å². The van der Waals surface area contributed by atoms with Crippen LogP contribution >= 0.6 is 34.3 Å². The summed E-state index contributed by atoms with van der Waals surface area (Å²) in [4.78, 5) is 24.0. The normalized spacial score (nSPS) is 16.8. The minimum absolute atomic E-state index is 0.0797. The number of pyridine rings is 1. The lowest BCUT2D eigenvalue weighted by Crippen LogP contribution is -2.47. The number of halogens is 2. The summed E-state index contributed by atoms with van der Waals surface area (Å²) in [6, 6.07) is 12.0. The van der Waals surface area contributed by atoms with Gasteiger partial charge in [0.05, 0.1) is 21.3 Å². The number of thiophene rings is 1. The van der Waals surface area contributed by atoms with Gasteiger partial charge < -0.3 is 0 Å². The van der Waals surface area contributed by atoms with Gasteiger partial charge in [-0.25, -0.2) is 17.8 Å². The maximum atomic E-state index is 14.3. The lowest BCUT2D eigenvalue weighted by molar-refractivity contribution is -0.121. The van der Waals surface area contributed by atoms with E-state index in [1.54, 1.807) is 36.5 Å². The van der Waals surface area contributed by atoms with Crippen molar-refractivity contribution in [3.05, 3.63) is 70.6 Å². The SMILES string of the molecule is O=C(C1CCCN1S(=O)(=O)c1ccc(Cl)s1)N(Cc1ccccn1)c1nc2c(F)cccc2s1. The molecule has 1 atom stereocenters. The zero-order valence-electron chi connectivity index (χ0n) is 17.6. The number of aromatic nitrogens is 2. The van der Waals surface area contributed by atoms with Crippen LogP contribution in [0.2, 0.25) is 4.34 Å². The molecule has 0 bridgehead atoms. The molecule has 1 aromatic carbocycles. The monoisotopic (exact) mass is 536 g/mol. The average molecular weight is 537 g/mol. The molecule has 1 aliphatic rings. The molecule has 176 valence electrons. The topological polar surface area (TPSA) is 83.5 Å². The van der Waals surface area contributed by atoms with Gasteiger partial charge in [-0.1, -0.05) is 35.1 Å². The highest BCUT2D eigenvalue weighted by molar-refractivity contribution is 7.91. The molecule has 12 heteroatoms. The van der Waals surface area contributed by atoms with E-state index in [2.05, 4.69) is 9.97 Å². The van der Waals surface area contributed by atoms with Crippen molar-refractivity contribution >= 4 is 65.6 Å². The Labute approximate surface area is 208 Å². The summed E-state index contributed by atoms with van der Waals surface area (Å²) < 4.78 is 43.2. The molecule has 0 aliphatic carbocycles. The maximum Gasteiger partial charge on any atom is 0.253 e. The Balaban J connectivity index is 1.53. The molecule has 4 heterocycles. The minimum Gasteiger partial charge on any atom is -0.281 e. The van der Waals surface area contributed by atoms with Crippen molar-refractivity contribution in [1.29, 1.82) is 0 Å². The van der Waals surface area contributed by atoms with Crippen molar-refractivity contribution in [2.24, 2.45) is 0 Å². The van der Waals surface area contributed by atoms with E-state index in [0.29, 0.717) is 32.7 Å². The first-order valence-electron chi connectivity index (χ1n) is 10.4. The molecule has 1 unspecified atom stereocenters. The molecule has 0 N–H and O–H groups in total. The van der Waals surface area contributed by atoms with Crippen molar-refractivity contribution in [2.75, 3.05) is 11.4 Å². The Hall–Kier alpha value is -2.44. The van der Waals surface area contributed by atoms with E-state index in [1.165, 1.54) is 38.7 Å². The Kier molecular flexibility index (Phi) is 6.38. The fourth-order valence-corrected chi connectivity index (χ4v) is 8.17. The van der Waals surface area contributed by atoms with Crippen LogP contribution in [-0.2, 0) is 21.4 Å². The molecule has 1 fully saturated rings. The van der Waals surface area contributed by atoms with E-state index in [1.807, 2.05) is 0 Å². The maximum absolute atomic E-state index is 14.3. The van der Waals surface area contributed by atoms with Gasteiger partial charge in [-0.3, -0.25) is 14.7 Å². The van der Waals surface area contributed by atoms with Crippen LogP contribution in [0.3, 0.4) is 0 Å². The van der Waals surface area contributed by atoms with Gasteiger partial charge in [-0.15, -0.1) is 11.3 Å². The van der Waals surface area contributed by atoms with Crippen molar-refractivity contribution in [2.45, 2.75) is 29.6 Å². The molecule has 34 heavy (non-hydrogen) atoms. The van der Waals surface area contributed by atoms with Crippen LogP contribution in [0.25, 0.3) is 10.2 Å². The zero-order valence-corrected chi connectivity index (χ0v) is 20.8. The second-order valence-corrected chi connectivity index (χ2v) is 12.5. The molecule has 0 saturated carbocycles. The number of nitrogens with zero attached hydrogens (tertiary/aromatic N) is 4. The molecule has 7 nitrogen and oxygen atoms in total. The first-order chi connectivity index (χ1) is 16.3. The second kappa shape index (κ2) is 9.31. The van der Waals surface area contributed by atoms with E-state index in [9.17, 15) is 17.6 Å². The van der Waals surface area contributed by atoms with Crippen molar-refractivity contribution in [1.82, 2.24) is 14.3 Å². The summed E-state index contributed by atoms with van der Waals surface area (Å²) in [7, 11) is -3.90. The average Bonchev–Trinajstić information content (AvgIpc) is 3.57. The van der Waals surface area contributed by atoms with E-state index in [4.69, 9.17) is 11.6 Å². The number of para-hydroxylation sites is 1. The van der Waals surface area contributed by atoms with Gasteiger partial charge >= 0.3 is 0 Å². The largest absolute Gasteiger partial charge is 0.281 e. The fraction of sp³-hybridized carbons (Fsp3) is 0.227. The first-order valence-corrected chi connectivity index (χ1v) is 13.8. The van der Waals surface area contributed by atoms with E-state index in [-0.39, 0.29) is 22.8 Å². The molecule has 1 saturated heterocycles. The smallest absolute Gasteiger partial charge is 0.253 e. The molecule has 0 radical (unpaired) electrons. The number of benzene rings is 1. The highest BCUT2D eigenvalue weighted by atomic mass is 35.5. The number of thiazole rings is 1. The zero-order chi connectivity index (χ0) is 23.9. The number of hydrogen-bond acceptors (Lipinski definition) is 7. The molecular formula is C22H18ClFN4O3S3. The Morgan fingerprint density at radius 1 is 1.18 bits per heavy atom. The molecule has 1 aliphatic heterocycles. The van der Waals surface area contributed by atoms with Gasteiger partial charge in [0.15, 0.2) is 5.13 Å². The van der Waals surface area contributed by atoms with Crippen LogP contribution in [-0.4, -0.2) is 41.2 Å². The van der Waals surface area contributed by atoms with Gasteiger partial charge in [0, 0.05) is 12.7 Å². The van der Waals surface area contributed by atoms with Crippen LogP contribution in [0.1, 0.15) is 18.5 Å². The summed E-state index contributed by atoms with van der Waals surface area (Å²) in [6.45, 7) is 0.302. The predicted molar refractivity (Wildman–Crippen MR) is 131 cm³/mol. The number of carbonyl (C=O) groups is 1. The molecule has 1 amide bonds. The highest BCUT2D eigenvalue weighted by Crippen LogP contribution is 2.35. The number of hydrogen-bond donors (Lipinski definition) is 0. The third-order valence-electron chi connectivity index (χ3n) is 5.50. The standard InChI is InChI=1S/C22H18ClFN4O3S3/c23-18-9-10-19(33-18)34(30,31)28-12-4-7-16(28)21(29)27(13-14-5-1-2-11-25-14)22-26-20-15(24)6-3-8-17(20)32-22/h1-3,5-6,8-11,16H,4,7,12-13H2. The summed E-state index contributed by atoms with van der Waals surface area (Å²) in [6.07, 6.45) is 2.53. The van der Waals surface area contributed by atoms with E-state index < -0.39 is 27.8 Å². The quantitative estimate of drug-likeness (QED) is 0.349. The molecule has 4 aromatic rings. The number of amides is 1. The van der Waals surface area contributed by atoms with Gasteiger partial charge in [-0.05, 0) is 49.2 Å². The van der Waals surface area contributed by atoms with Gasteiger partial charge in [-0.2, -0.15) is 4.31 Å². The number of fused-ring (bicyclic) bond motifs is 1. The minimum atomic E-state index is -3.90. The number of sulfonamides is 1. The van der Waals surface area contributed by atoms with E-state index in [0.717, 1.165) is 11.3 Å². The third kappa shape index (κ3) is 4.34. The first kappa shape index (κ1) is 23.3. The highest BCUT2D eigenvalue weighted by Gasteiger charge is 2.42. The van der Waals surface area contributed by atoms with Gasteiger partial charge in [0.1, 0.15) is 21.6 Å². The van der Waals surface area contributed by atoms with Crippen molar-refractivity contribution < 1.29 is 17.6 Å².